The maximum Gasteiger partial charge on any atom is 0.416 e. The number of hydrogen-bond donors (Lipinski definition) is 0. The van der Waals surface area contributed by atoms with Gasteiger partial charge in [-0.3, -0.25) is 19.2 Å². The van der Waals surface area contributed by atoms with Crippen LogP contribution in [0.3, 0.4) is 0 Å². The highest BCUT2D eigenvalue weighted by Crippen LogP contribution is 2.34. The molecule has 0 radical (unpaired) electrons. The van der Waals surface area contributed by atoms with Gasteiger partial charge in [0.1, 0.15) is 0 Å². The van der Waals surface area contributed by atoms with Crippen molar-refractivity contribution in [1.29, 1.82) is 0 Å². The summed E-state index contributed by atoms with van der Waals surface area (Å²) in [6.07, 6.45) is -1.90. The zero-order chi connectivity index (χ0) is 21.5. The van der Waals surface area contributed by atoms with Gasteiger partial charge in [0, 0.05) is 30.1 Å². The number of rotatable bonds is 4. The van der Waals surface area contributed by atoms with Gasteiger partial charge < -0.3 is 4.74 Å². The summed E-state index contributed by atoms with van der Waals surface area (Å²) in [5, 5.41) is 0. The predicted octanol–water partition coefficient (Wildman–Crippen LogP) is 3.68. The summed E-state index contributed by atoms with van der Waals surface area (Å²) in [6, 6.07) is 5.15. The lowest BCUT2D eigenvalue weighted by atomic mass is 10.1. The van der Waals surface area contributed by atoms with Crippen LogP contribution in [0.25, 0.3) is 0 Å². The number of alkyl halides is 3. The highest BCUT2D eigenvalue weighted by molar-refractivity contribution is 5.59. The molecule has 4 rings (SSSR count). The van der Waals surface area contributed by atoms with Crippen LogP contribution in [-0.4, -0.2) is 40.4 Å². The fraction of sp³-hybridized carbons (Fsp3) is 0.524. The average molecular weight is 422 g/mol. The molecule has 3 heterocycles. The second kappa shape index (κ2) is 8.03. The first kappa shape index (κ1) is 20.9. The number of fused-ring (bicyclic) bond motifs is 1. The first-order valence-corrected chi connectivity index (χ1v) is 10.2. The van der Waals surface area contributed by atoms with Crippen molar-refractivity contribution in [2.45, 2.75) is 52.1 Å². The van der Waals surface area contributed by atoms with Gasteiger partial charge >= 0.3 is 6.18 Å². The third kappa shape index (κ3) is 3.96. The Morgan fingerprint density at radius 1 is 1.27 bits per heavy atom. The number of halogens is 3. The van der Waals surface area contributed by atoms with E-state index < -0.39 is 11.7 Å². The topological polar surface area (TPSA) is 50.6 Å². The number of aryl methyl sites for hydroxylation is 1. The van der Waals surface area contributed by atoms with Gasteiger partial charge in [-0.1, -0.05) is 13.0 Å². The van der Waals surface area contributed by atoms with Crippen LogP contribution in [0.2, 0.25) is 0 Å². The Morgan fingerprint density at radius 3 is 2.73 bits per heavy atom. The molecule has 6 nitrogen and oxygen atoms in total. The maximum atomic E-state index is 13.3. The summed E-state index contributed by atoms with van der Waals surface area (Å²) >= 11 is 0. The van der Waals surface area contributed by atoms with E-state index >= 15 is 0 Å². The van der Waals surface area contributed by atoms with Crippen molar-refractivity contribution >= 4 is 11.6 Å². The highest BCUT2D eigenvalue weighted by Gasteiger charge is 2.33. The molecule has 1 fully saturated rings. The van der Waals surface area contributed by atoms with E-state index in [0.717, 1.165) is 25.0 Å². The molecule has 2 aromatic rings. The summed E-state index contributed by atoms with van der Waals surface area (Å²) < 4.78 is 47.2. The number of benzene rings is 1. The second-order valence-electron chi connectivity index (χ2n) is 7.81. The number of anilines is 2. The minimum atomic E-state index is -4.45. The lowest BCUT2D eigenvalue weighted by Gasteiger charge is -2.39. The smallest absolute Gasteiger partial charge is 0.377 e. The molecule has 1 unspecified atom stereocenters. The van der Waals surface area contributed by atoms with Crippen LogP contribution in [0.1, 0.15) is 36.6 Å². The summed E-state index contributed by atoms with van der Waals surface area (Å²) in [5.74, 6) is 0.373. The number of ether oxygens (including phenoxy) is 1. The van der Waals surface area contributed by atoms with Crippen molar-refractivity contribution in [3.05, 3.63) is 51.4 Å². The van der Waals surface area contributed by atoms with Gasteiger partial charge in [-0.05, 0) is 44.4 Å². The first-order valence-electron chi connectivity index (χ1n) is 10.2. The minimum Gasteiger partial charge on any atom is -0.377 e. The molecular weight excluding hydrogens is 397 g/mol. The van der Waals surface area contributed by atoms with Crippen LogP contribution in [0, 0.1) is 6.92 Å². The predicted molar refractivity (Wildman–Crippen MR) is 107 cm³/mol. The molecule has 0 bridgehead atoms. The third-order valence-corrected chi connectivity index (χ3v) is 5.70. The van der Waals surface area contributed by atoms with Crippen LogP contribution in [0.15, 0.2) is 29.1 Å². The molecule has 0 spiro atoms. The van der Waals surface area contributed by atoms with Crippen LogP contribution in [0.4, 0.5) is 24.8 Å². The Labute approximate surface area is 172 Å². The van der Waals surface area contributed by atoms with Crippen molar-refractivity contribution in [3.8, 4) is 0 Å². The van der Waals surface area contributed by atoms with E-state index in [4.69, 9.17) is 4.74 Å². The molecule has 0 aliphatic carbocycles. The SMILES string of the molecule is CCc1c(C)nc2n(c1=O)CN(CC1CCCO1)CN2c1cccc(C(F)(F)F)c1. The largest absolute Gasteiger partial charge is 0.416 e. The van der Waals surface area contributed by atoms with Gasteiger partial charge in [0.25, 0.3) is 5.56 Å². The molecule has 9 heteroatoms. The van der Waals surface area contributed by atoms with Crippen molar-refractivity contribution in [3.63, 3.8) is 0 Å². The Kier molecular flexibility index (Phi) is 5.59. The fourth-order valence-electron chi connectivity index (χ4n) is 4.17. The Balaban J connectivity index is 1.78. The molecule has 1 aromatic carbocycles. The number of nitrogens with zero attached hydrogens (tertiary/aromatic N) is 4. The first-order chi connectivity index (χ1) is 14.3. The van der Waals surface area contributed by atoms with Gasteiger partial charge in [-0.25, -0.2) is 4.98 Å². The lowest BCUT2D eigenvalue weighted by molar-refractivity contribution is -0.137. The van der Waals surface area contributed by atoms with Crippen LogP contribution >= 0.6 is 0 Å². The quantitative estimate of drug-likeness (QED) is 0.753. The van der Waals surface area contributed by atoms with Crippen molar-refractivity contribution in [2.75, 3.05) is 24.7 Å². The normalized spacial score (nSPS) is 19.9. The Bertz CT molecular complexity index is 983. The molecule has 0 amide bonds. The minimum absolute atomic E-state index is 0.0645. The molecule has 2 aliphatic rings. The lowest BCUT2D eigenvalue weighted by Crippen LogP contribution is -2.50. The van der Waals surface area contributed by atoms with Crippen molar-refractivity contribution in [2.24, 2.45) is 0 Å². The van der Waals surface area contributed by atoms with E-state index in [1.165, 1.54) is 6.07 Å². The number of aromatic nitrogens is 2. The highest BCUT2D eigenvalue weighted by atomic mass is 19.4. The van der Waals surface area contributed by atoms with E-state index in [-0.39, 0.29) is 11.7 Å². The zero-order valence-electron chi connectivity index (χ0n) is 17.1. The molecular formula is C21H25F3N4O2. The number of hydrogen-bond acceptors (Lipinski definition) is 5. The van der Waals surface area contributed by atoms with E-state index in [1.54, 1.807) is 22.5 Å². The molecule has 1 atom stereocenters. The summed E-state index contributed by atoms with van der Waals surface area (Å²) in [6.45, 7) is 5.66. The van der Waals surface area contributed by atoms with E-state index in [9.17, 15) is 18.0 Å². The van der Waals surface area contributed by atoms with E-state index in [0.29, 0.717) is 55.8 Å². The molecule has 1 saturated heterocycles. The van der Waals surface area contributed by atoms with Crippen LogP contribution < -0.4 is 10.5 Å². The van der Waals surface area contributed by atoms with Crippen LogP contribution in [0.5, 0.6) is 0 Å². The maximum absolute atomic E-state index is 13.3. The summed E-state index contributed by atoms with van der Waals surface area (Å²) in [5.41, 5.74) is 0.715. The second-order valence-corrected chi connectivity index (χ2v) is 7.81. The molecule has 30 heavy (non-hydrogen) atoms. The van der Waals surface area contributed by atoms with Gasteiger partial charge in [0.05, 0.1) is 25.0 Å². The monoisotopic (exact) mass is 422 g/mol. The van der Waals surface area contributed by atoms with Gasteiger partial charge in [0.2, 0.25) is 5.95 Å². The molecule has 1 aromatic heterocycles. The van der Waals surface area contributed by atoms with Gasteiger partial charge in [-0.2, -0.15) is 13.2 Å². The van der Waals surface area contributed by atoms with Crippen molar-refractivity contribution < 1.29 is 17.9 Å². The Hall–Kier alpha value is -2.39. The standard InChI is InChI=1S/C21H25F3N4O2/c1-3-18-14(2)25-20-27(16-7-4-6-15(10-16)21(22,23)24)12-26(13-28(20)19(18)29)11-17-8-5-9-30-17/h4,6-7,10,17H,3,5,8-9,11-13H2,1-2H3. The third-order valence-electron chi connectivity index (χ3n) is 5.70. The van der Waals surface area contributed by atoms with Crippen LogP contribution in [-0.2, 0) is 24.0 Å². The average Bonchev–Trinajstić information content (AvgIpc) is 3.21. The molecule has 0 saturated carbocycles. The fourth-order valence-corrected chi connectivity index (χ4v) is 4.17. The van der Waals surface area contributed by atoms with Gasteiger partial charge in [-0.15, -0.1) is 0 Å². The van der Waals surface area contributed by atoms with E-state index in [1.807, 2.05) is 11.8 Å². The summed E-state index contributed by atoms with van der Waals surface area (Å²) in [4.78, 5) is 21.4. The van der Waals surface area contributed by atoms with Gasteiger partial charge in [0.15, 0.2) is 0 Å². The Morgan fingerprint density at radius 2 is 2.07 bits per heavy atom. The summed E-state index contributed by atoms with van der Waals surface area (Å²) in [7, 11) is 0. The zero-order valence-corrected chi connectivity index (χ0v) is 17.1. The molecule has 0 N–H and O–H groups in total. The van der Waals surface area contributed by atoms with Crippen molar-refractivity contribution in [1.82, 2.24) is 14.5 Å². The molecule has 2 aliphatic heterocycles. The van der Waals surface area contributed by atoms with E-state index in [2.05, 4.69) is 4.98 Å². The molecule has 162 valence electrons.